The van der Waals surface area contributed by atoms with E-state index in [0.717, 1.165) is 11.7 Å². The van der Waals surface area contributed by atoms with Gasteiger partial charge in [0.15, 0.2) is 5.78 Å². The van der Waals surface area contributed by atoms with E-state index >= 15 is 0 Å². The predicted octanol–water partition coefficient (Wildman–Crippen LogP) is 6.19. The van der Waals surface area contributed by atoms with E-state index in [0.29, 0.717) is 44.7 Å². The lowest BCUT2D eigenvalue weighted by Gasteiger charge is -2.32. The van der Waals surface area contributed by atoms with Gasteiger partial charge in [-0.1, -0.05) is 31.2 Å². The first kappa shape index (κ1) is 29.0. The number of ketones is 1. The highest BCUT2D eigenvalue weighted by Crippen LogP contribution is 2.42. The average Bonchev–Trinajstić information content (AvgIpc) is 3.39. The van der Waals surface area contributed by atoms with Crippen LogP contribution in [0.3, 0.4) is 0 Å². The molecular formula is C31H33BFNO6S. The van der Waals surface area contributed by atoms with Gasteiger partial charge in [-0.25, -0.2) is 12.8 Å². The minimum Gasteiger partial charge on any atom is -0.455 e. The molecule has 5 rings (SSSR count). The molecule has 10 heteroatoms. The molecule has 0 saturated carbocycles. The molecule has 2 heterocycles. The maximum absolute atomic E-state index is 13.7. The summed E-state index contributed by atoms with van der Waals surface area (Å²) in [5.74, 6) is -0.249. The van der Waals surface area contributed by atoms with Crippen LogP contribution < -0.4 is 9.77 Å². The Morgan fingerprint density at radius 3 is 2.17 bits per heavy atom. The summed E-state index contributed by atoms with van der Waals surface area (Å²) in [7, 11) is -2.80. The molecule has 1 saturated heterocycles. The predicted molar refractivity (Wildman–Crippen MR) is 161 cm³/mol. The van der Waals surface area contributed by atoms with Gasteiger partial charge in [0.25, 0.3) is 0 Å². The molecule has 1 aromatic heterocycles. The summed E-state index contributed by atoms with van der Waals surface area (Å²) in [4.78, 5) is 13.3. The Bertz CT molecular complexity index is 1750. The van der Waals surface area contributed by atoms with E-state index in [1.54, 1.807) is 31.2 Å². The van der Waals surface area contributed by atoms with Gasteiger partial charge < -0.3 is 13.7 Å². The van der Waals surface area contributed by atoms with Crippen molar-refractivity contribution in [2.75, 3.05) is 17.6 Å². The van der Waals surface area contributed by atoms with Gasteiger partial charge in [0.05, 0.1) is 28.7 Å². The summed E-state index contributed by atoms with van der Waals surface area (Å²) in [5, 5.41) is 0.540. The topological polar surface area (TPSA) is 86.1 Å². The lowest BCUT2D eigenvalue weighted by Crippen LogP contribution is -2.41. The van der Waals surface area contributed by atoms with Crippen molar-refractivity contribution in [3.8, 4) is 22.5 Å². The third-order valence-corrected chi connectivity index (χ3v) is 9.26. The Labute approximate surface area is 240 Å². The molecule has 0 unspecified atom stereocenters. The van der Waals surface area contributed by atoms with E-state index in [2.05, 4.69) is 0 Å². The molecule has 1 fully saturated rings. The molecular weight excluding hydrogens is 544 g/mol. The molecule has 0 N–H and O–H groups in total. The molecule has 1 aliphatic rings. The molecule has 0 amide bonds. The van der Waals surface area contributed by atoms with Crippen LogP contribution in [-0.2, 0) is 19.3 Å². The third-order valence-electron chi connectivity index (χ3n) is 8.07. The highest BCUT2D eigenvalue weighted by molar-refractivity contribution is 7.92. The van der Waals surface area contributed by atoms with Gasteiger partial charge in [-0.05, 0) is 69.1 Å². The molecule has 3 aromatic carbocycles. The van der Waals surface area contributed by atoms with Crippen LogP contribution in [0, 0.1) is 5.82 Å². The number of sulfonamides is 1. The molecule has 0 bridgehead atoms. The average molecular weight is 577 g/mol. The van der Waals surface area contributed by atoms with Crippen molar-refractivity contribution in [1.82, 2.24) is 0 Å². The number of anilines is 1. The van der Waals surface area contributed by atoms with Crippen molar-refractivity contribution < 1.29 is 31.3 Å². The number of benzene rings is 3. The molecule has 0 radical (unpaired) electrons. The fourth-order valence-corrected chi connectivity index (χ4v) is 5.40. The summed E-state index contributed by atoms with van der Waals surface area (Å²) in [6.45, 7) is 9.68. The molecule has 0 atom stereocenters. The van der Waals surface area contributed by atoms with Crippen molar-refractivity contribution in [2.45, 2.75) is 52.2 Å². The zero-order valence-electron chi connectivity index (χ0n) is 24.2. The van der Waals surface area contributed by atoms with Gasteiger partial charge in [0, 0.05) is 36.0 Å². The number of fused-ring (bicyclic) bond motifs is 1. The summed E-state index contributed by atoms with van der Waals surface area (Å²) in [5.41, 5.74) is 2.64. The second-order valence-electron chi connectivity index (χ2n) is 11.4. The number of carbonyl (C=O) groups excluding carboxylic acids is 1. The Morgan fingerprint density at radius 1 is 0.951 bits per heavy atom. The third kappa shape index (κ3) is 5.20. The molecule has 0 aliphatic carbocycles. The van der Waals surface area contributed by atoms with Gasteiger partial charge >= 0.3 is 7.12 Å². The van der Waals surface area contributed by atoms with Crippen LogP contribution in [0.5, 0.6) is 0 Å². The molecule has 214 valence electrons. The van der Waals surface area contributed by atoms with Crippen molar-refractivity contribution in [3.63, 3.8) is 0 Å². The quantitative estimate of drug-likeness (QED) is 0.192. The molecule has 4 aromatic rings. The minimum absolute atomic E-state index is 0.149. The second-order valence-corrected chi connectivity index (χ2v) is 13.4. The van der Waals surface area contributed by atoms with Crippen LogP contribution in [0.15, 0.2) is 65.1 Å². The first-order valence-corrected chi connectivity index (χ1v) is 15.3. The van der Waals surface area contributed by atoms with Crippen molar-refractivity contribution >= 4 is 45.0 Å². The van der Waals surface area contributed by atoms with E-state index < -0.39 is 34.2 Å². The minimum atomic E-state index is -3.66. The van der Waals surface area contributed by atoms with E-state index in [-0.39, 0.29) is 12.2 Å². The molecule has 0 spiro atoms. The van der Waals surface area contributed by atoms with Crippen molar-refractivity contribution in [2.24, 2.45) is 0 Å². The smallest absolute Gasteiger partial charge is 0.455 e. The van der Waals surface area contributed by atoms with Crippen LogP contribution in [0.25, 0.3) is 33.4 Å². The van der Waals surface area contributed by atoms with Crippen LogP contribution in [-0.4, -0.2) is 45.8 Å². The summed E-state index contributed by atoms with van der Waals surface area (Å²) in [6, 6.07) is 16.7. The van der Waals surface area contributed by atoms with Crippen molar-refractivity contribution in [3.05, 3.63) is 72.0 Å². The van der Waals surface area contributed by atoms with Crippen LogP contribution in [0.1, 0.15) is 51.4 Å². The van der Waals surface area contributed by atoms with Gasteiger partial charge in [-0.15, -0.1) is 0 Å². The zero-order valence-corrected chi connectivity index (χ0v) is 25.1. The van der Waals surface area contributed by atoms with Crippen LogP contribution in [0.2, 0.25) is 0 Å². The fraction of sp³-hybridized carbons (Fsp3) is 0.323. The standard InChI is InChI=1S/C31H33BFNO6S/c1-8-26(35)28-24-17-23(20-10-9-11-21(16-20)32-39-30(2,3)31(4,5)40-32)25(34(6)41(7,36)37)18-27(24)38-29(28)19-12-14-22(33)15-13-19/h9-18H,8H2,1-7H3. The van der Waals surface area contributed by atoms with E-state index in [1.165, 1.54) is 23.5 Å². The Kier molecular flexibility index (Phi) is 7.16. The number of rotatable bonds is 7. The SMILES string of the molecule is CCC(=O)c1c(-c2ccc(F)cc2)oc2cc(N(C)S(C)(=O)=O)c(-c3cccc(B4OC(C)(C)C(C)(C)O4)c3)cc12. The number of carbonyl (C=O) groups is 1. The maximum atomic E-state index is 13.7. The second kappa shape index (κ2) is 10.1. The number of hydrogen-bond acceptors (Lipinski definition) is 6. The summed E-state index contributed by atoms with van der Waals surface area (Å²) < 4.78 is 59.0. The number of furan rings is 1. The Morgan fingerprint density at radius 2 is 1.59 bits per heavy atom. The summed E-state index contributed by atoms with van der Waals surface area (Å²) in [6.07, 6.45) is 1.35. The number of hydrogen-bond donors (Lipinski definition) is 0. The van der Waals surface area contributed by atoms with Crippen LogP contribution in [0.4, 0.5) is 10.1 Å². The maximum Gasteiger partial charge on any atom is 0.494 e. The van der Waals surface area contributed by atoms with Gasteiger partial charge in [-0.3, -0.25) is 9.10 Å². The zero-order chi connectivity index (χ0) is 29.9. The molecule has 7 nitrogen and oxygen atoms in total. The van der Waals surface area contributed by atoms with Gasteiger partial charge in [0.1, 0.15) is 17.2 Å². The van der Waals surface area contributed by atoms with E-state index in [4.69, 9.17) is 13.7 Å². The number of nitrogens with zero attached hydrogens (tertiary/aromatic N) is 1. The Hall–Kier alpha value is -3.47. The molecule has 1 aliphatic heterocycles. The highest BCUT2D eigenvalue weighted by atomic mass is 32.2. The first-order chi connectivity index (χ1) is 19.1. The number of halogens is 1. The fourth-order valence-electron chi connectivity index (χ4n) is 4.89. The lowest BCUT2D eigenvalue weighted by atomic mass is 9.78. The van der Waals surface area contributed by atoms with Crippen molar-refractivity contribution in [1.29, 1.82) is 0 Å². The molecule has 41 heavy (non-hydrogen) atoms. The lowest BCUT2D eigenvalue weighted by molar-refractivity contribution is 0.00578. The van der Waals surface area contributed by atoms with E-state index in [9.17, 15) is 17.6 Å². The van der Waals surface area contributed by atoms with Gasteiger partial charge in [0.2, 0.25) is 10.0 Å². The number of Topliss-reactive ketones (excluding diaryl/α,β-unsaturated/α-hetero) is 1. The largest absolute Gasteiger partial charge is 0.494 e. The highest BCUT2D eigenvalue weighted by Gasteiger charge is 2.51. The normalized spacial score (nSPS) is 16.3. The van der Waals surface area contributed by atoms with Crippen LogP contribution >= 0.6 is 0 Å². The first-order valence-electron chi connectivity index (χ1n) is 13.4. The monoisotopic (exact) mass is 577 g/mol. The summed E-state index contributed by atoms with van der Waals surface area (Å²) >= 11 is 0. The van der Waals surface area contributed by atoms with Gasteiger partial charge in [-0.2, -0.15) is 0 Å². The van der Waals surface area contributed by atoms with E-state index in [1.807, 2.05) is 52.0 Å². The Balaban J connectivity index is 1.75.